The van der Waals surface area contributed by atoms with Gasteiger partial charge in [-0.2, -0.15) is 0 Å². The van der Waals surface area contributed by atoms with Crippen molar-refractivity contribution in [2.75, 3.05) is 6.61 Å². The average Bonchev–Trinajstić information content (AvgIpc) is 2.08. The van der Waals surface area contributed by atoms with Crippen LogP contribution in [-0.2, 0) is 4.79 Å². The fraction of sp³-hybridized carbons (Fsp3) is 0.833. The summed E-state index contributed by atoms with van der Waals surface area (Å²) in [4.78, 5) is 22.3. The summed E-state index contributed by atoms with van der Waals surface area (Å²) in [6, 6.07) is -1.87. The molecule has 0 aliphatic rings. The molecule has 2 amide bonds. The third kappa shape index (κ3) is 7.11. The topological polar surface area (TPSA) is 98.7 Å². The van der Waals surface area contributed by atoms with Gasteiger partial charge in [-0.05, 0) is 25.7 Å². The number of carbonyl (C=O) groups is 2. The van der Waals surface area contributed by atoms with E-state index in [0.29, 0.717) is 0 Å². The zero-order chi connectivity index (χ0) is 14.6. The van der Waals surface area contributed by atoms with Crippen LogP contribution in [0, 0.1) is 5.41 Å². The van der Waals surface area contributed by atoms with Crippen LogP contribution in [0.15, 0.2) is 0 Å². The molecule has 0 spiro atoms. The molecule has 0 aliphatic carbocycles. The molecule has 4 N–H and O–H groups in total. The van der Waals surface area contributed by atoms with Crippen molar-refractivity contribution in [3.05, 3.63) is 0 Å². The molecule has 0 aromatic carbocycles. The van der Waals surface area contributed by atoms with Crippen LogP contribution < -0.4 is 10.6 Å². The molecule has 0 fully saturated rings. The number of carboxylic acids is 1. The first-order valence-electron chi connectivity index (χ1n) is 5.89. The van der Waals surface area contributed by atoms with E-state index < -0.39 is 30.2 Å². The molecule has 0 unspecified atom stereocenters. The summed E-state index contributed by atoms with van der Waals surface area (Å²) < 4.78 is 0. The van der Waals surface area contributed by atoms with Gasteiger partial charge in [0.2, 0.25) is 0 Å². The number of urea groups is 1. The predicted molar refractivity (Wildman–Crippen MR) is 68.3 cm³/mol. The van der Waals surface area contributed by atoms with Crippen LogP contribution in [0.4, 0.5) is 4.79 Å². The van der Waals surface area contributed by atoms with E-state index >= 15 is 0 Å². The molecule has 0 heterocycles. The number of rotatable bonds is 5. The van der Waals surface area contributed by atoms with Gasteiger partial charge in [-0.1, -0.05) is 20.8 Å². The summed E-state index contributed by atoms with van der Waals surface area (Å²) >= 11 is 0. The van der Waals surface area contributed by atoms with Crippen LogP contribution in [0.1, 0.15) is 41.0 Å². The van der Waals surface area contributed by atoms with Crippen molar-refractivity contribution in [2.45, 2.75) is 52.6 Å². The largest absolute Gasteiger partial charge is 0.480 e. The summed E-state index contributed by atoms with van der Waals surface area (Å²) in [6.45, 7) is 9.27. The lowest BCUT2D eigenvalue weighted by atomic mass is 9.82. The molecule has 0 aliphatic heterocycles. The Bertz CT molecular complexity index is 308. The van der Waals surface area contributed by atoms with Crippen LogP contribution in [0.3, 0.4) is 0 Å². The second-order valence-electron chi connectivity index (χ2n) is 6.29. The van der Waals surface area contributed by atoms with Gasteiger partial charge in [0.25, 0.3) is 0 Å². The van der Waals surface area contributed by atoms with Gasteiger partial charge in [-0.15, -0.1) is 0 Å². The summed E-state index contributed by atoms with van der Waals surface area (Å²) in [7, 11) is 0. The molecule has 0 aromatic heterocycles. The maximum atomic E-state index is 11.6. The van der Waals surface area contributed by atoms with E-state index in [4.69, 9.17) is 10.2 Å². The van der Waals surface area contributed by atoms with Gasteiger partial charge in [0, 0.05) is 5.54 Å². The minimum Gasteiger partial charge on any atom is -0.480 e. The fourth-order valence-electron chi connectivity index (χ4n) is 2.06. The van der Waals surface area contributed by atoms with E-state index in [1.54, 1.807) is 0 Å². The number of carbonyl (C=O) groups excluding carboxylic acids is 1. The number of hydrogen-bond acceptors (Lipinski definition) is 3. The lowest BCUT2D eigenvalue weighted by molar-refractivity contribution is -0.140. The predicted octanol–water partition coefficient (Wildman–Crippen LogP) is 0.946. The molecule has 0 bridgehead atoms. The van der Waals surface area contributed by atoms with E-state index in [1.165, 1.54) is 0 Å². The van der Waals surface area contributed by atoms with Crippen LogP contribution >= 0.6 is 0 Å². The first kappa shape index (κ1) is 16.7. The van der Waals surface area contributed by atoms with Gasteiger partial charge in [-0.25, -0.2) is 9.59 Å². The van der Waals surface area contributed by atoms with E-state index in [2.05, 4.69) is 31.4 Å². The third-order valence-corrected chi connectivity index (χ3v) is 2.21. The number of aliphatic hydroxyl groups excluding tert-OH is 1. The van der Waals surface area contributed by atoms with E-state index in [9.17, 15) is 9.59 Å². The van der Waals surface area contributed by atoms with Gasteiger partial charge >= 0.3 is 12.0 Å². The third-order valence-electron chi connectivity index (χ3n) is 2.21. The summed E-state index contributed by atoms with van der Waals surface area (Å²) in [5, 5.41) is 22.4. The second-order valence-corrected chi connectivity index (χ2v) is 6.29. The van der Waals surface area contributed by atoms with E-state index in [0.717, 1.165) is 6.42 Å². The van der Waals surface area contributed by atoms with Crippen LogP contribution in [-0.4, -0.2) is 40.4 Å². The van der Waals surface area contributed by atoms with Crippen molar-refractivity contribution in [3.63, 3.8) is 0 Å². The Balaban J connectivity index is 4.43. The van der Waals surface area contributed by atoms with Crippen LogP contribution in [0.5, 0.6) is 0 Å². The average molecular weight is 260 g/mol. The smallest absolute Gasteiger partial charge is 0.328 e. The normalized spacial score (nSPS) is 13.9. The van der Waals surface area contributed by atoms with Crippen LogP contribution in [0.25, 0.3) is 0 Å². The van der Waals surface area contributed by atoms with Gasteiger partial charge in [0.1, 0.15) is 0 Å². The van der Waals surface area contributed by atoms with Gasteiger partial charge in [0.15, 0.2) is 6.04 Å². The fourth-order valence-corrected chi connectivity index (χ4v) is 2.06. The Kier molecular flexibility index (Phi) is 5.60. The Labute approximate surface area is 108 Å². The molecular formula is C12H24N2O4. The number of amides is 2. The molecule has 1 atom stereocenters. The van der Waals surface area contributed by atoms with E-state index in [-0.39, 0.29) is 5.41 Å². The number of hydrogen-bond donors (Lipinski definition) is 4. The van der Waals surface area contributed by atoms with Crippen molar-refractivity contribution in [1.82, 2.24) is 10.6 Å². The Morgan fingerprint density at radius 1 is 1.17 bits per heavy atom. The summed E-state index contributed by atoms with van der Waals surface area (Å²) in [5.74, 6) is -1.26. The number of aliphatic hydroxyl groups is 1. The Hall–Kier alpha value is -1.30. The lowest BCUT2D eigenvalue weighted by Crippen LogP contribution is -2.54. The standard InChI is InChI=1S/C12H24N2O4/c1-11(2,3)7-12(4,5)14-10(18)13-8(6-15)9(16)17/h8,15H,6-7H2,1-5H3,(H,16,17)(H2,13,14,18)/t8-/m1/s1. The molecule has 0 saturated heterocycles. The molecule has 0 saturated carbocycles. The molecule has 18 heavy (non-hydrogen) atoms. The van der Waals surface area contributed by atoms with Crippen molar-refractivity contribution in [3.8, 4) is 0 Å². The molecule has 6 heteroatoms. The van der Waals surface area contributed by atoms with Crippen molar-refractivity contribution in [2.24, 2.45) is 5.41 Å². The highest BCUT2D eigenvalue weighted by molar-refractivity contribution is 5.82. The SMILES string of the molecule is CC(C)(C)CC(C)(C)NC(=O)N[C@H](CO)C(=O)O. The van der Waals surface area contributed by atoms with Crippen LogP contribution in [0.2, 0.25) is 0 Å². The summed E-state index contributed by atoms with van der Waals surface area (Å²) in [5.41, 5.74) is -0.416. The zero-order valence-corrected chi connectivity index (χ0v) is 11.7. The maximum Gasteiger partial charge on any atom is 0.328 e. The monoisotopic (exact) mass is 260 g/mol. The molecule has 0 radical (unpaired) electrons. The highest BCUT2D eigenvalue weighted by Gasteiger charge is 2.28. The lowest BCUT2D eigenvalue weighted by Gasteiger charge is -2.33. The Morgan fingerprint density at radius 3 is 2.00 bits per heavy atom. The minimum atomic E-state index is -1.28. The second kappa shape index (κ2) is 6.04. The molecular weight excluding hydrogens is 236 g/mol. The zero-order valence-electron chi connectivity index (χ0n) is 11.7. The molecule has 0 rings (SSSR count). The number of nitrogens with one attached hydrogen (secondary N) is 2. The quantitative estimate of drug-likeness (QED) is 0.591. The molecule has 106 valence electrons. The van der Waals surface area contributed by atoms with Gasteiger partial charge in [-0.3, -0.25) is 0 Å². The maximum absolute atomic E-state index is 11.6. The molecule has 0 aromatic rings. The van der Waals surface area contributed by atoms with Crippen molar-refractivity contribution >= 4 is 12.0 Å². The highest BCUT2D eigenvalue weighted by atomic mass is 16.4. The molecule has 6 nitrogen and oxygen atoms in total. The summed E-state index contributed by atoms with van der Waals surface area (Å²) in [6.07, 6.45) is 0.740. The number of carboxylic acid groups (broad SMARTS) is 1. The number of aliphatic carboxylic acids is 1. The van der Waals surface area contributed by atoms with Crippen molar-refractivity contribution < 1.29 is 19.8 Å². The van der Waals surface area contributed by atoms with E-state index in [1.807, 2.05) is 13.8 Å². The van der Waals surface area contributed by atoms with Crippen molar-refractivity contribution in [1.29, 1.82) is 0 Å². The van der Waals surface area contributed by atoms with Gasteiger partial charge in [0.05, 0.1) is 6.61 Å². The first-order valence-corrected chi connectivity index (χ1v) is 5.89. The minimum absolute atomic E-state index is 0.0416. The first-order chi connectivity index (χ1) is 7.97. The Morgan fingerprint density at radius 2 is 1.67 bits per heavy atom. The van der Waals surface area contributed by atoms with Gasteiger partial charge < -0.3 is 20.8 Å². The highest BCUT2D eigenvalue weighted by Crippen LogP contribution is 2.26.